The van der Waals surface area contributed by atoms with Crippen molar-refractivity contribution in [3.05, 3.63) is 89.9 Å². The quantitative estimate of drug-likeness (QED) is 0.221. The van der Waals surface area contributed by atoms with Gasteiger partial charge in [0.2, 0.25) is 0 Å². The highest BCUT2D eigenvalue weighted by Crippen LogP contribution is 2.33. The Hall–Kier alpha value is -4.66. The smallest absolute Gasteiger partial charge is 0.257 e. The minimum atomic E-state index is -0.262. The average Bonchev–Trinajstić information content (AvgIpc) is 3.73. The third-order valence-corrected chi connectivity index (χ3v) is 8.12. The third-order valence-electron chi connectivity index (χ3n) is 8.12. The summed E-state index contributed by atoms with van der Waals surface area (Å²) in [7, 11) is 1.92. The van der Waals surface area contributed by atoms with Crippen molar-refractivity contribution in [1.82, 2.24) is 19.7 Å². The molecule has 0 unspecified atom stereocenters. The number of nitrogens with zero attached hydrogens (tertiary/aromatic N) is 4. The zero-order valence-corrected chi connectivity index (χ0v) is 25.0. The van der Waals surface area contributed by atoms with Gasteiger partial charge in [0.05, 0.1) is 23.1 Å². The summed E-state index contributed by atoms with van der Waals surface area (Å²) in [5, 5.41) is 14.0. The molecule has 4 aromatic rings. The second kappa shape index (κ2) is 12.3. The predicted molar refractivity (Wildman–Crippen MR) is 171 cm³/mol. The van der Waals surface area contributed by atoms with Gasteiger partial charge in [-0.25, -0.2) is 4.98 Å². The molecule has 2 aromatic carbocycles. The van der Waals surface area contributed by atoms with Crippen LogP contribution in [0.4, 0.5) is 17.2 Å². The van der Waals surface area contributed by atoms with Crippen LogP contribution in [-0.2, 0) is 7.05 Å². The zero-order valence-electron chi connectivity index (χ0n) is 25.0. The van der Waals surface area contributed by atoms with E-state index in [4.69, 9.17) is 0 Å². The van der Waals surface area contributed by atoms with Crippen LogP contribution < -0.4 is 16.0 Å². The molecule has 3 heterocycles. The van der Waals surface area contributed by atoms with Gasteiger partial charge in [-0.15, -0.1) is 0 Å². The topological polar surface area (TPSA) is 104 Å². The van der Waals surface area contributed by atoms with E-state index in [1.807, 2.05) is 55.0 Å². The monoisotopic (exact) mass is 577 g/mol. The Kier molecular flexibility index (Phi) is 8.13. The number of rotatable bonds is 9. The van der Waals surface area contributed by atoms with Crippen molar-refractivity contribution in [2.24, 2.45) is 7.05 Å². The van der Waals surface area contributed by atoms with Crippen molar-refractivity contribution >= 4 is 29.0 Å². The first-order valence-electron chi connectivity index (χ1n) is 15.1. The van der Waals surface area contributed by atoms with E-state index in [2.05, 4.69) is 50.3 Å². The fraction of sp³-hybridized carbons (Fsp3) is 0.353. The maximum Gasteiger partial charge on any atom is 0.257 e. The number of carbonyl (C=O) groups excluding carboxylic acids is 2. The number of hydrogen-bond donors (Lipinski definition) is 3. The SMILES string of the molecule is CC(C)Nc1ccc(C(=O)Nc2cc(C(=O)N3CCC(c4ccc(-c5cnn(C)c5)cc4)CC3)ccc2NC2CC2)cn1. The number of pyridine rings is 1. The van der Waals surface area contributed by atoms with Gasteiger partial charge in [-0.05, 0) is 86.9 Å². The number of amides is 2. The molecule has 1 aliphatic carbocycles. The van der Waals surface area contributed by atoms with Gasteiger partial charge in [0.25, 0.3) is 11.8 Å². The van der Waals surface area contributed by atoms with Crippen molar-refractivity contribution in [2.45, 2.75) is 57.5 Å². The molecule has 0 atom stereocenters. The zero-order chi connectivity index (χ0) is 29.9. The van der Waals surface area contributed by atoms with E-state index in [-0.39, 0.29) is 17.9 Å². The van der Waals surface area contributed by atoms with Crippen LogP contribution >= 0.6 is 0 Å². The summed E-state index contributed by atoms with van der Waals surface area (Å²) < 4.78 is 1.81. The summed E-state index contributed by atoms with van der Waals surface area (Å²) in [6.07, 6.45) is 9.50. The highest BCUT2D eigenvalue weighted by molar-refractivity contribution is 6.07. The van der Waals surface area contributed by atoms with Gasteiger partial charge in [0.1, 0.15) is 5.82 Å². The molecule has 0 bridgehead atoms. The first-order chi connectivity index (χ1) is 20.8. The number of benzene rings is 2. The van der Waals surface area contributed by atoms with E-state index in [0.717, 1.165) is 48.3 Å². The largest absolute Gasteiger partial charge is 0.381 e. The van der Waals surface area contributed by atoms with Crippen molar-refractivity contribution in [3.8, 4) is 11.1 Å². The molecular formula is C34H39N7O2. The number of aromatic nitrogens is 3. The van der Waals surface area contributed by atoms with E-state index in [1.165, 1.54) is 5.56 Å². The van der Waals surface area contributed by atoms with Gasteiger partial charge in [0, 0.05) is 55.7 Å². The number of aryl methyl sites for hydroxylation is 1. The molecular weight excluding hydrogens is 538 g/mol. The third kappa shape index (κ3) is 6.88. The van der Waals surface area contributed by atoms with E-state index in [9.17, 15) is 9.59 Å². The molecule has 9 nitrogen and oxygen atoms in total. The summed E-state index contributed by atoms with van der Waals surface area (Å²) in [6.45, 7) is 5.46. The number of carbonyl (C=O) groups is 2. The average molecular weight is 578 g/mol. The van der Waals surface area contributed by atoms with Crippen molar-refractivity contribution in [2.75, 3.05) is 29.0 Å². The Morgan fingerprint density at radius 2 is 1.60 bits per heavy atom. The number of likely N-dealkylation sites (tertiary alicyclic amines) is 1. The maximum absolute atomic E-state index is 13.6. The molecule has 2 amide bonds. The van der Waals surface area contributed by atoms with Gasteiger partial charge < -0.3 is 20.9 Å². The summed E-state index contributed by atoms with van der Waals surface area (Å²) in [5.41, 5.74) is 6.04. The number of piperidine rings is 1. The fourth-order valence-corrected chi connectivity index (χ4v) is 5.57. The second-order valence-corrected chi connectivity index (χ2v) is 12.0. The Bertz CT molecular complexity index is 1580. The van der Waals surface area contributed by atoms with Crippen molar-refractivity contribution < 1.29 is 9.59 Å². The Balaban J connectivity index is 1.11. The molecule has 1 saturated carbocycles. The molecule has 2 aromatic heterocycles. The lowest BCUT2D eigenvalue weighted by molar-refractivity contribution is 0.0712. The lowest BCUT2D eigenvalue weighted by atomic mass is 9.88. The first-order valence-corrected chi connectivity index (χ1v) is 15.1. The number of nitrogens with one attached hydrogen (secondary N) is 3. The molecule has 2 aliphatic rings. The van der Waals surface area contributed by atoms with Crippen molar-refractivity contribution in [1.29, 1.82) is 0 Å². The summed E-state index contributed by atoms with van der Waals surface area (Å²) in [5.74, 6) is 0.871. The maximum atomic E-state index is 13.6. The van der Waals surface area contributed by atoms with Crippen LogP contribution in [0.25, 0.3) is 11.1 Å². The molecule has 6 rings (SSSR count). The van der Waals surface area contributed by atoms with Crippen molar-refractivity contribution in [3.63, 3.8) is 0 Å². The van der Waals surface area contributed by atoms with E-state index < -0.39 is 0 Å². The van der Waals surface area contributed by atoms with Gasteiger partial charge in [0.15, 0.2) is 0 Å². The fourth-order valence-electron chi connectivity index (χ4n) is 5.57. The predicted octanol–water partition coefficient (Wildman–Crippen LogP) is 6.15. The van der Waals surface area contributed by atoms with E-state index in [0.29, 0.717) is 41.9 Å². The molecule has 0 radical (unpaired) electrons. The molecule has 0 spiro atoms. The van der Waals surface area contributed by atoms with E-state index in [1.54, 1.807) is 24.4 Å². The highest BCUT2D eigenvalue weighted by atomic mass is 16.2. The summed E-state index contributed by atoms with van der Waals surface area (Å²) in [6, 6.07) is 18.5. The molecule has 1 saturated heterocycles. The van der Waals surface area contributed by atoms with Crippen LogP contribution in [0.15, 0.2) is 73.2 Å². The van der Waals surface area contributed by atoms with Crippen LogP contribution in [0.5, 0.6) is 0 Å². The Labute approximate surface area is 252 Å². The van der Waals surface area contributed by atoms with Crippen LogP contribution in [0, 0.1) is 0 Å². The van der Waals surface area contributed by atoms with Gasteiger partial charge in [-0.2, -0.15) is 5.10 Å². The minimum Gasteiger partial charge on any atom is -0.381 e. The van der Waals surface area contributed by atoms with Crippen LogP contribution in [-0.4, -0.2) is 56.7 Å². The highest BCUT2D eigenvalue weighted by Gasteiger charge is 2.27. The van der Waals surface area contributed by atoms with Crippen LogP contribution in [0.1, 0.15) is 71.7 Å². The summed E-state index contributed by atoms with van der Waals surface area (Å²) in [4.78, 5) is 33.0. The molecule has 3 N–H and O–H groups in total. The standard InChI is InChI=1S/C34H39N7O2/c1-22(2)37-32-13-9-27(19-35-32)33(42)39-31-18-26(8-12-30(31)38-29-10-11-29)34(43)41-16-14-25(15-17-41)23-4-6-24(7-5-23)28-20-36-40(3)21-28/h4-9,12-13,18-22,25,29,38H,10-11,14-17H2,1-3H3,(H,35,37)(H,39,42). The second-order valence-electron chi connectivity index (χ2n) is 12.0. The number of anilines is 3. The van der Waals surface area contributed by atoms with Gasteiger partial charge in [-0.1, -0.05) is 24.3 Å². The van der Waals surface area contributed by atoms with Gasteiger partial charge >= 0.3 is 0 Å². The Morgan fingerprint density at radius 1 is 0.860 bits per heavy atom. The lowest BCUT2D eigenvalue weighted by Gasteiger charge is -2.32. The number of hydrogen-bond acceptors (Lipinski definition) is 6. The van der Waals surface area contributed by atoms with E-state index >= 15 is 0 Å². The van der Waals surface area contributed by atoms with Gasteiger partial charge in [-0.3, -0.25) is 14.3 Å². The molecule has 43 heavy (non-hydrogen) atoms. The Morgan fingerprint density at radius 3 is 2.23 bits per heavy atom. The first kappa shape index (κ1) is 28.5. The van der Waals surface area contributed by atoms with Crippen LogP contribution in [0.2, 0.25) is 0 Å². The molecule has 222 valence electrons. The molecule has 1 aliphatic heterocycles. The normalized spacial score (nSPS) is 15.4. The van der Waals surface area contributed by atoms with Crippen LogP contribution in [0.3, 0.4) is 0 Å². The lowest BCUT2D eigenvalue weighted by Crippen LogP contribution is -2.38. The minimum absolute atomic E-state index is 0.00961. The molecule has 9 heteroatoms. The molecule has 2 fully saturated rings. The summed E-state index contributed by atoms with van der Waals surface area (Å²) >= 11 is 0.